The zero-order valence-corrected chi connectivity index (χ0v) is 12.2. The minimum absolute atomic E-state index is 0.217. The van der Waals surface area contributed by atoms with Gasteiger partial charge >= 0.3 is 5.97 Å². The molecule has 2 rings (SSSR count). The Morgan fingerprint density at radius 3 is 2.67 bits per heavy atom. The molecule has 112 valence electrons. The smallest absolute Gasteiger partial charge is 0.318 e. The summed E-state index contributed by atoms with van der Waals surface area (Å²) in [5.74, 6) is -1.44. The zero-order valence-electron chi connectivity index (χ0n) is 11.4. The number of rotatable bonds is 6. The molecule has 1 fully saturated rings. The maximum atomic E-state index is 12.4. The van der Waals surface area contributed by atoms with Gasteiger partial charge < -0.3 is 5.11 Å². The highest BCUT2D eigenvalue weighted by Gasteiger charge is 2.35. The van der Waals surface area contributed by atoms with Crippen molar-refractivity contribution in [3.63, 3.8) is 0 Å². The zero-order chi connectivity index (χ0) is 15.5. The summed E-state index contributed by atoms with van der Waals surface area (Å²) in [7, 11) is -3.71. The molecule has 0 aromatic heterocycles. The first-order chi connectivity index (χ1) is 9.92. The van der Waals surface area contributed by atoms with Crippen molar-refractivity contribution in [1.82, 2.24) is 4.31 Å². The number of carboxylic acid groups (broad SMARTS) is 1. The van der Waals surface area contributed by atoms with Gasteiger partial charge in [-0.15, -0.1) is 0 Å². The first kappa shape index (κ1) is 15.5. The third kappa shape index (κ3) is 3.80. The number of carbonyl (C=O) groups is 1. The van der Waals surface area contributed by atoms with Gasteiger partial charge in [0.1, 0.15) is 6.54 Å². The first-order valence-corrected chi connectivity index (χ1v) is 8.23. The van der Waals surface area contributed by atoms with Crippen LogP contribution in [-0.2, 0) is 20.6 Å². The minimum atomic E-state index is -3.71. The molecule has 0 amide bonds. The van der Waals surface area contributed by atoms with Crippen LogP contribution in [0, 0.1) is 11.3 Å². The Labute approximate surface area is 123 Å². The molecular weight excluding hydrogens is 292 g/mol. The Morgan fingerprint density at radius 2 is 2.14 bits per heavy atom. The van der Waals surface area contributed by atoms with Crippen LogP contribution >= 0.6 is 0 Å². The molecule has 0 saturated heterocycles. The number of aliphatic carboxylic acids is 1. The Balaban J connectivity index is 2.21. The lowest BCUT2D eigenvalue weighted by molar-refractivity contribution is -0.137. The monoisotopic (exact) mass is 308 g/mol. The summed E-state index contributed by atoms with van der Waals surface area (Å²) in [5.41, 5.74) is 0.875. The van der Waals surface area contributed by atoms with Crippen LogP contribution in [0.4, 0.5) is 0 Å². The first-order valence-electron chi connectivity index (χ1n) is 6.63. The molecule has 0 bridgehead atoms. The van der Waals surface area contributed by atoms with E-state index in [2.05, 4.69) is 0 Å². The lowest BCUT2D eigenvalue weighted by Gasteiger charge is -2.35. The predicted octanol–water partition coefficient (Wildman–Crippen LogP) is 1.33. The van der Waals surface area contributed by atoms with Gasteiger partial charge in [0, 0.05) is 6.04 Å². The fraction of sp³-hybridized carbons (Fsp3) is 0.429. The maximum absolute atomic E-state index is 12.4. The molecule has 0 heterocycles. The van der Waals surface area contributed by atoms with Crippen LogP contribution in [0.1, 0.15) is 30.4 Å². The molecule has 0 atom stereocenters. The number of hydrogen-bond acceptors (Lipinski definition) is 4. The Kier molecular flexibility index (Phi) is 4.60. The second-order valence-electron chi connectivity index (χ2n) is 5.09. The van der Waals surface area contributed by atoms with E-state index in [0.717, 1.165) is 10.7 Å². The van der Waals surface area contributed by atoms with E-state index in [-0.39, 0.29) is 11.8 Å². The van der Waals surface area contributed by atoms with Crippen LogP contribution in [0.25, 0.3) is 0 Å². The predicted molar refractivity (Wildman–Crippen MR) is 75.8 cm³/mol. The summed E-state index contributed by atoms with van der Waals surface area (Å²) in [6.07, 6.45) is 2.32. The van der Waals surface area contributed by atoms with Crippen LogP contribution in [0.5, 0.6) is 0 Å². The van der Waals surface area contributed by atoms with Crippen molar-refractivity contribution in [3.05, 3.63) is 35.4 Å². The number of nitrogens with zero attached hydrogens (tertiary/aromatic N) is 2. The van der Waals surface area contributed by atoms with E-state index in [0.29, 0.717) is 24.0 Å². The van der Waals surface area contributed by atoms with Crippen LogP contribution < -0.4 is 0 Å². The van der Waals surface area contributed by atoms with Crippen LogP contribution in [0.3, 0.4) is 0 Å². The third-order valence-corrected chi connectivity index (χ3v) is 5.38. The minimum Gasteiger partial charge on any atom is -0.480 e. The van der Waals surface area contributed by atoms with Gasteiger partial charge in [-0.05, 0) is 30.5 Å². The van der Waals surface area contributed by atoms with Gasteiger partial charge in [0.05, 0.1) is 17.4 Å². The lowest BCUT2D eigenvalue weighted by Crippen LogP contribution is -2.47. The molecule has 1 aliphatic carbocycles. The molecular formula is C14H16N2O4S. The molecule has 6 nitrogen and oxygen atoms in total. The van der Waals surface area contributed by atoms with E-state index >= 15 is 0 Å². The standard InChI is InChI=1S/C14H16N2O4S/c15-8-11-3-1-4-12(7-11)10-21(19,20)16(9-14(17)18)13-5-2-6-13/h1,3-4,7,13H,2,5-6,9-10H2,(H,17,18). The highest BCUT2D eigenvalue weighted by Crippen LogP contribution is 2.28. The van der Waals surface area contributed by atoms with Crippen molar-refractivity contribution in [3.8, 4) is 6.07 Å². The Bertz CT molecular complexity index is 674. The quantitative estimate of drug-likeness (QED) is 0.854. The van der Waals surface area contributed by atoms with Gasteiger partial charge in [-0.2, -0.15) is 9.57 Å². The van der Waals surface area contributed by atoms with Crippen molar-refractivity contribution in [1.29, 1.82) is 5.26 Å². The van der Waals surface area contributed by atoms with Crippen LogP contribution in [-0.4, -0.2) is 36.4 Å². The highest BCUT2D eigenvalue weighted by atomic mass is 32.2. The van der Waals surface area contributed by atoms with Crippen molar-refractivity contribution in [2.24, 2.45) is 0 Å². The molecule has 1 aromatic rings. The normalized spacial score (nSPS) is 15.4. The van der Waals surface area contributed by atoms with Gasteiger partial charge in [-0.25, -0.2) is 8.42 Å². The Morgan fingerprint density at radius 1 is 1.43 bits per heavy atom. The molecule has 1 saturated carbocycles. The Hall–Kier alpha value is -1.91. The maximum Gasteiger partial charge on any atom is 0.318 e. The molecule has 1 aliphatic rings. The van der Waals surface area contributed by atoms with E-state index in [4.69, 9.17) is 10.4 Å². The fourth-order valence-corrected chi connectivity index (χ4v) is 4.03. The summed E-state index contributed by atoms with van der Waals surface area (Å²) in [6, 6.07) is 8.09. The summed E-state index contributed by atoms with van der Waals surface area (Å²) in [6.45, 7) is -0.509. The van der Waals surface area contributed by atoms with Crippen molar-refractivity contribution < 1.29 is 18.3 Å². The van der Waals surface area contributed by atoms with Crippen molar-refractivity contribution in [2.45, 2.75) is 31.1 Å². The van der Waals surface area contributed by atoms with Crippen molar-refractivity contribution >= 4 is 16.0 Å². The summed E-state index contributed by atoms with van der Waals surface area (Å²) < 4.78 is 26.0. The summed E-state index contributed by atoms with van der Waals surface area (Å²) >= 11 is 0. The molecule has 1 N–H and O–H groups in total. The second-order valence-corrected chi connectivity index (χ2v) is 7.01. The van der Waals surface area contributed by atoms with Gasteiger partial charge in [-0.3, -0.25) is 4.79 Å². The summed E-state index contributed by atoms with van der Waals surface area (Å²) in [4.78, 5) is 10.9. The molecule has 0 aliphatic heterocycles. The van der Waals surface area contributed by atoms with Gasteiger partial charge in [0.15, 0.2) is 0 Å². The van der Waals surface area contributed by atoms with Crippen molar-refractivity contribution in [2.75, 3.05) is 6.54 Å². The number of benzene rings is 1. The average molecular weight is 308 g/mol. The van der Waals surface area contributed by atoms with Crippen LogP contribution in [0.2, 0.25) is 0 Å². The number of carboxylic acids is 1. The van der Waals surface area contributed by atoms with Gasteiger partial charge in [-0.1, -0.05) is 18.6 Å². The highest BCUT2D eigenvalue weighted by molar-refractivity contribution is 7.88. The third-order valence-electron chi connectivity index (χ3n) is 3.54. The molecule has 7 heteroatoms. The average Bonchev–Trinajstić information content (AvgIpc) is 2.35. The molecule has 21 heavy (non-hydrogen) atoms. The van der Waals surface area contributed by atoms with Gasteiger partial charge in [0.25, 0.3) is 0 Å². The van der Waals surface area contributed by atoms with Gasteiger partial charge in [0.2, 0.25) is 10.0 Å². The molecule has 0 radical (unpaired) electrons. The van der Waals surface area contributed by atoms with E-state index in [1.165, 1.54) is 6.07 Å². The van der Waals surface area contributed by atoms with E-state index in [9.17, 15) is 13.2 Å². The SMILES string of the molecule is N#Cc1cccc(CS(=O)(=O)N(CC(=O)O)C2CCC2)c1. The number of nitriles is 1. The second kappa shape index (κ2) is 6.24. The topological polar surface area (TPSA) is 98.5 Å². The fourth-order valence-electron chi connectivity index (χ4n) is 2.29. The van der Waals surface area contributed by atoms with E-state index in [1.54, 1.807) is 18.2 Å². The molecule has 0 spiro atoms. The molecule has 0 unspecified atom stereocenters. The largest absolute Gasteiger partial charge is 0.480 e. The molecule has 1 aromatic carbocycles. The lowest BCUT2D eigenvalue weighted by atomic mass is 9.93. The number of sulfonamides is 1. The van der Waals surface area contributed by atoms with E-state index < -0.39 is 22.5 Å². The van der Waals surface area contributed by atoms with Crippen LogP contribution in [0.15, 0.2) is 24.3 Å². The summed E-state index contributed by atoms with van der Waals surface area (Å²) in [5, 5.41) is 17.8. The van der Waals surface area contributed by atoms with E-state index in [1.807, 2.05) is 6.07 Å². The number of hydrogen-bond donors (Lipinski definition) is 1.